The summed E-state index contributed by atoms with van der Waals surface area (Å²) < 4.78 is 13.2. The molecule has 1 saturated heterocycles. The monoisotopic (exact) mass is 474 g/mol. The van der Waals surface area contributed by atoms with Crippen molar-refractivity contribution in [1.82, 2.24) is 15.1 Å². The molecule has 0 aromatic heterocycles. The fourth-order valence-electron chi connectivity index (χ4n) is 4.45. The average molecular weight is 474 g/mol. The van der Waals surface area contributed by atoms with Crippen LogP contribution in [0.2, 0.25) is 0 Å². The number of halogens is 2. The smallest absolute Gasteiger partial charge is 0.193 e. The van der Waals surface area contributed by atoms with Crippen LogP contribution in [0.1, 0.15) is 43.7 Å². The van der Waals surface area contributed by atoms with Crippen molar-refractivity contribution in [3.63, 3.8) is 0 Å². The van der Waals surface area contributed by atoms with Crippen molar-refractivity contribution >= 4 is 29.9 Å². The number of nitrogens with zero attached hydrogens (tertiary/aromatic N) is 3. The van der Waals surface area contributed by atoms with Gasteiger partial charge in [0.25, 0.3) is 0 Å². The summed E-state index contributed by atoms with van der Waals surface area (Å²) in [5.41, 5.74) is 1.65. The Morgan fingerprint density at radius 3 is 2.46 bits per heavy atom. The third-order valence-corrected chi connectivity index (χ3v) is 5.95. The minimum atomic E-state index is -0.191. The van der Waals surface area contributed by atoms with Gasteiger partial charge in [-0.25, -0.2) is 4.39 Å². The molecule has 1 spiro atoms. The molecule has 0 amide bonds. The first-order chi connectivity index (χ1) is 12.0. The molecule has 0 radical (unpaired) electrons. The summed E-state index contributed by atoms with van der Waals surface area (Å²) in [6.45, 7) is 2.99. The van der Waals surface area contributed by atoms with E-state index >= 15 is 0 Å². The van der Waals surface area contributed by atoms with Gasteiger partial charge in [0.15, 0.2) is 5.96 Å². The summed E-state index contributed by atoms with van der Waals surface area (Å²) in [6, 6.07) is 6.98. The van der Waals surface area contributed by atoms with Crippen LogP contribution in [0.4, 0.5) is 4.39 Å². The Kier molecular flexibility index (Phi) is 7.70. The highest BCUT2D eigenvalue weighted by molar-refractivity contribution is 14.0. The quantitative estimate of drug-likeness (QED) is 0.408. The molecule has 1 saturated carbocycles. The lowest BCUT2D eigenvalue weighted by Crippen LogP contribution is -2.44. The minimum absolute atomic E-state index is 0. The van der Waals surface area contributed by atoms with Crippen LogP contribution in [0, 0.1) is 11.2 Å². The van der Waals surface area contributed by atoms with Gasteiger partial charge in [-0.15, -0.1) is 24.0 Å². The average Bonchev–Trinajstić information content (AvgIpc) is 3.23. The maximum absolute atomic E-state index is 13.2. The van der Waals surface area contributed by atoms with E-state index in [1.807, 2.05) is 19.2 Å². The molecule has 0 bridgehead atoms. The third-order valence-electron chi connectivity index (χ3n) is 5.95. The standard InChI is InChI=1S/C20H31FN4.HI/c1-22-19(25-13-12-20(15-25)10-4-5-11-20)23-14-18(24(2)3)16-6-8-17(21)9-7-16;/h6-9,18H,4-5,10-15H2,1-3H3,(H,22,23);1H. The number of nitrogens with one attached hydrogen (secondary N) is 1. The Morgan fingerprint density at radius 1 is 1.23 bits per heavy atom. The van der Waals surface area contributed by atoms with Crippen LogP contribution in [0.3, 0.4) is 0 Å². The molecule has 1 aromatic rings. The second kappa shape index (κ2) is 9.35. The third kappa shape index (κ3) is 4.88. The van der Waals surface area contributed by atoms with Crippen LogP contribution < -0.4 is 5.32 Å². The van der Waals surface area contributed by atoms with Gasteiger partial charge in [-0.3, -0.25) is 4.99 Å². The summed E-state index contributed by atoms with van der Waals surface area (Å²) in [7, 11) is 5.98. The van der Waals surface area contributed by atoms with E-state index in [4.69, 9.17) is 0 Å². The molecule has 1 aliphatic heterocycles. The summed E-state index contributed by atoms with van der Waals surface area (Å²) in [6.07, 6.45) is 6.80. The second-order valence-electron chi connectivity index (χ2n) is 7.84. The molecule has 6 heteroatoms. The van der Waals surface area contributed by atoms with Crippen molar-refractivity contribution < 1.29 is 4.39 Å². The molecule has 1 aliphatic carbocycles. The van der Waals surface area contributed by atoms with E-state index in [0.29, 0.717) is 5.41 Å². The van der Waals surface area contributed by atoms with Crippen molar-refractivity contribution in [3.8, 4) is 0 Å². The van der Waals surface area contributed by atoms with Crippen molar-refractivity contribution in [2.24, 2.45) is 10.4 Å². The maximum Gasteiger partial charge on any atom is 0.193 e. The van der Waals surface area contributed by atoms with Crippen LogP contribution in [0.5, 0.6) is 0 Å². The first kappa shape index (κ1) is 21.4. The Morgan fingerprint density at radius 2 is 1.88 bits per heavy atom. The normalized spacial score (nSPS) is 20.5. The van der Waals surface area contributed by atoms with Gasteiger partial charge < -0.3 is 15.1 Å². The van der Waals surface area contributed by atoms with Gasteiger partial charge in [-0.2, -0.15) is 0 Å². The van der Waals surface area contributed by atoms with E-state index in [1.165, 1.54) is 44.2 Å². The Hall–Kier alpha value is -0.890. The molecule has 1 unspecified atom stereocenters. The van der Waals surface area contributed by atoms with E-state index in [2.05, 4.69) is 34.2 Å². The fraction of sp³-hybridized carbons (Fsp3) is 0.650. The van der Waals surface area contributed by atoms with Gasteiger partial charge in [0.1, 0.15) is 5.82 Å². The molecule has 1 atom stereocenters. The predicted octanol–water partition coefficient (Wildman–Crippen LogP) is 3.89. The zero-order valence-electron chi connectivity index (χ0n) is 16.2. The second-order valence-corrected chi connectivity index (χ2v) is 7.84. The number of hydrogen-bond acceptors (Lipinski definition) is 2. The summed E-state index contributed by atoms with van der Waals surface area (Å²) in [5.74, 6) is 0.807. The molecule has 1 heterocycles. The molecular weight excluding hydrogens is 442 g/mol. The molecule has 1 aromatic carbocycles. The van der Waals surface area contributed by atoms with E-state index in [1.54, 1.807) is 0 Å². The molecule has 3 rings (SSSR count). The highest BCUT2D eigenvalue weighted by Crippen LogP contribution is 2.45. The largest absolute Gasteiger partial charge is 0.354 e. The van der Waals surface area contributed by atoms with Crippen LogP contribution >= 0.6 is 24.0 Å². The Balaban J connectivity index is 0.00000243. The number of guanidine groups is 1. The van der Waals surface area contributed by atoms with Gasteiger partial charge >= 0.3 is 0 Å². The number of benzene rings is 1. The lowest BCUT2D eigenvalue weighted by molar-refractivity contribution is 0.289. The van der Waals surface area contributed by atoms with Crippen LogP contribution in [-0.2, 0) is 0 Å². The van der Waals surface area contributed by atoms with Crippen LogP contribution in [0.25, 0.3) is 0 Å². The highest BCUT2D eigenvalue weighted by Gasteiger charge is 2.41. The van der Waals surface area contributed by atoms with Crippen molar-refractivity contribution in [1.29, 1.82) is 0 Å². The molecule has 26 heavy (non-hydrogen) atoms. The summed E-state index contributed by atoms with van der Waals surface area (Å²) in [5, 5.41) is 3.55. The topological polar surface area (TPSA) is 30.9 Å². The van der Waals surface area contributed by atoms with E-state index in [0.717, 1.165) is 31.2 Å². The number of likely N-dealkylation sites (N-methyl/N-ethyl adjacent to an activating group) is 1. The van der Waals surface area contributed by atoms with Crippen LogP contribution in [0.15, 0.2) is 29.3 Å². The summed E-state index contributed by atoms with van der Waals surface area (Å²) >= 11 is 0. The number of likely N-dealkylation sites (tertiary alicyclic amines) is 1. The number of hydrogen-bond donors (Lipinski definition) is 1. The molecular formula is C20H32FIN4. The van der Waals surface area contributed by atoms with Crippen molar-refractivity contribution in [2.45, 2.75) is 38.1 Å². The minimum Gasteiger partial charge on any atom is -0.354 e. The molecule has 4 nitrogen and oxygen atoms in total. The zero-order valence-corrected chi connectivity index (χ0v) is 18.5. The van der Waals surface area contributed by atoms with Crippen LogP contribution in [-0.4, -0.2) is 56.5 Å². The predicted molar refractivity (Wildman–Crippen MR) is 117 cm³/mol. The van der Waals surface area contributed by atoms with Gasteiger partial charge in [0.05, 0.1) is 6.04 Å². The first-order valence-corrected chi connectivity index (χ1v) is 9.40. The van der Waals surface area contributed by atoms with E-state index in [-0.39, 0.29) is 35.8 Å². The van der Waals surface area contributed by atoms with Gasteiger partial charge in [0.2, 0.25) is 0 Å². The summed E-state index contributed by atoms with van der Waals surface area (Å²) in [4.78, 5) is 9.10. The molecule has 146 valence electrons. The van der Waals surface area contributed by atoms with Gasteiger partial charge in [-0.05, 0) is 56.5 Å². The van der Waals surface area contributed by atoms with Crippen molar-refractivity contribution in [2.75, 3.05) is 40.8 Å². The van der Waals surface area contributed by atoms with E-state index in [9.17, 15) is 4.39 Å². The lowest BCUT2D eigenvalue weighted by atomic mass is 9.86. The van der Waals surface area contributed by atoms with Gasteiger partial charge in [0, 0.05) is 26.7 Å². The van der Waals surface area contributed by atoms with Crippen molar-refractivity contribution in [3.05, 3.63) is 35.6 Å². The zero-order chi connectivity index (χ0) is 17.9. The Bertz CT molecular complexity index is 596. The maximum atomic E-state index is 13.2. The SMILES string of the molecule is CN=C(NCC(c1ccc(F)cc1)N(C)C)N1CCC2(CCCC2)C1.I. The van der Waals surface area contributed by atoms with Gasteiger partial charge in [-0.1, -0.05) is 25.0 Å². The highest BCUT2D eigenvalue weighted by atomic mass is 127. The fourth-order valence-corrected chi connectivity index (χ4v) is 4.45. The molecule has 1 N–H and O–H groups in total. The molecule has 2 aliphatic rings. The number of rotatable bonds is 4. The lowest BCUT2D eigenvalue weighted by Gasteiger charge is -2.29. The molecule has 2 fully saturated rings. The van der Waals surface area contributed by atoms with E-state index < -0.39 is 0 Å². The first-order valence-electron chi connectivity index (χ1n) is 9.40. The number of aliphatic imine (C=N–C) groups is 1. The Labute approximate surface area is 174 Å².